The summed E-state index contributed by atoms with van der Waals surface area (Å²) in [7, 11) is 5.73. The van der Waals surface area contributed by atoms with Crippen molar-refractivity contribution in [1.29, 1.82) is 0 Å². The normalized spacial score (nSPS) is 10.1. The van der Waals surface area contributed by atoms with E-state index >= 15 is 0 Å². The summed E-state index contributed by atoms with van der Waals surface area (Å²) >= 11 is 5.84. The highest BCUT2D eigenvalue weighted by molar-refractivity contribution is 6.45. The summed E-state index contributed by atoms with van der Waals surface area (Å²) in [6.45, 7) is 0. The van der Waals surface area contributed by atoms with Crippen LogP contribution in [0.3, 0.4) is 0 Å². The highest BCUT2D eigenvalue weighted by Gasteiger charge is 1.98. The van der Waals surface area contributed by atoms with E-state index in [-0.39, 0.29) is 0 Å². The summed E-state index contributed by atoms with van der Waals surface area (Å²) in [5, 5.41) is 0.602. The molecule has 0 spiro atoms. The third kappa shape index (κ3) is 1.83. The van der Waals surface area contributed by atoms with Gasteiger partial charge in [-0.05, 0) is 17.2 Å². The van der Waals surface area contributed by atoms with Crippen molar-refractivity contribution in [3.63, 3.8) is 0 Å². The van der Waals surface area contributed by atoms with E-state index in [0.717, 1.165) is 11.1 Å². The van der Waals surface area contributed by atoms with E-state index in [1.165, 1.54) is 0 Å². The first-order valence-electron chi connectivity index (χ1n) is 4.38. The Morgan fingerprint density at radius 1 is 0.857 bits per heavy atom. The Morgan fingerprint density at radius 3 is 2.21 bits per heavy atom. The van der Waals surface area contributed by atoms with Gasteiger partial charge in [-0.1, -0.05) is 59.5 Å². The molecule has 66 valence electrons. The zero-order chi connectivity index (χ0) is 9.97. The molecule has 2 radical (unpaired) electrons. The summed E-state index contributed by atoms with van der Waals surface area (Å²) in [5.41, 5.74) is 2.86. The van der Waals surface area contributed by atoms with Gasteiger partial charge < -0.3 is 0 Å². The maximum absolute atomic E-state index is 5.84. The van der Waals surface area contributed by atoms with Crippen molar-refractivity contribution in [2.45, 2.75) is 0 Å². The summed E-state index contributed by atoms with van der Waals surface area (Å²) in [6.07, 6.45) is 0. The summed E-state index contributed by atoms with van der Waals surface area (Å²) < 4.78 is 0. The molecule has 14 heavy (non-hydrogen) atoms. The van der Waals surface area contributed by atoms with Crippen LogP contribution in [0.5, 0.6) is 0 Å². The number of rotatable bonds is 1. The number of benzene rings is 2. The highest BCUT2D eigenvalue weighted by Crippen LogP contribution is 2.19. The maximum atomic E-state index is 5.84. The minimum Gasteiger partial charge on any atom is -0.0850 e. The molecular weight excluding hydrogens is 190 g/mol. The summed E-state index contributed by atoms with van der Waals surface area (Å²) in [6, 6.07) is 15.7. The minimum absolute atomic E-state index is 0.602. The first-order chi connectivity index (χ1) is 6.77. The molecule has 0 N–H and O–H groups in total. The van der Waals surface area contributed by atoms with Crippen molar-refractivity contribution < 1.29 is 0 Å². The van der Waals surface area contributed by atoms with Crippen LogP contribution in [-0.4, -0.2) is 7.85 Å². The van der Waals surface area contributed by atoms with Crippen molar-refractivity contribution in [2.24, 2.45) is 0 Å². The Kier molecular flexibility index (Phi) is 2.60. The van der Waals surface area contributed by atoms with Gasteiger partial charge in [0.1, 0.15) is 7.85 Å². The number of hydrogen-bond acceptors (Lipinski definition) is 0. The van der Waals surface area contributed by atoms with Crippen LogP contribution in [0.1, 0.15) is 0 Å². The van der Waals surface area contributed by atoms with E-state index in [9.17, 15) is 0 Å². The van der Waals surface area contributed by atoms with Gasteiger partial charge in [-0.25, -0.2) is 0 Å². The van der Waals surface area contributed by atoms with Crippen LogP contribution < -0.4 is 5.46 Å². The quantitative estimate of drug-likeness (QED) is 0.618. The van der Waals surface area contributed by atoms with Crippen LogP contribution >= 0.6 is 11.6 Å². The van der Waals surface area contributed by atoms with E-state index in [4.69, 9.17) is 19.4 Å². The average Bonchev–Trinajstić information content (AvgIpc) is 2.23. The van der Waals surface area contributed by atoms with Crippen LogP contribution in [0.25, 0.3) is 11.1 Å². The molecule has 2 heteroatoms. The Labute approximate surface area is 89.9 Å². The van der Waals surface area contributed by atoms with E-state index in [1.807, 2.05) is 48.5 Å². The lowest BCUT2D eigenvalue weighted by Gasteiger charge is -2.04. The SMILES string of the molecule is [B]c1cc(-c2ccccc2)ccc1Cl. The fourth-order valence-electron chi connectivity index (χ4n) is 1.35. The monoisotopic (exact) mass is 198 g/mol. The topological polar surface area (TPSA) is 0 Å². The number of halogens is 1. The van der Waals surface area contributed by atoms with Gasteiger partial charge in [0.2, 0.25) is 0 Å². The molecule has 0 nitrogen and oxygen atoms in total. The van der Waals surface area contributed by atoms with E-state index in [1.54, 1.807) is 0 Å². The molecule has 0 heterocycles. The van der Waals surface area contributed by atoms with Gasteiger partial charge in [-0.15, -0.1) is 0 Å². The zero-order valence-corrected chi connectivity index (χ0v) is 8.33. The lowest BCUT2D eigenvalue weighted by atomic mass is 9.92. The minimum atomic E-state index is 0.602. The second kappa shape index (κ2) is 3.89. The van der Waals surface area contributed by atoms with Gasteiger partial charge >= 0.3 is 0 Å². The second-order valence-electron chi connectivity index (χ2n) is 3.10. The Morgan fingerprint density at radius 2 is 1.57 bits per heavy atom. The predicted molar refractivity (Wildman–Crippen MR) is 62.3 cm³/mol. The fraction of sp³-hybridized carbons (Fsp3) is 0. The lowest BCUT2D eigenvalue weighted by Crippen LogP contribution is -2.03. The van der Waals surface area contributed by atoms with Gasteiger partial charge in [0.15, 0.2) is 0 Å². The van der Waals surface area contributed by atoms with Crippen molar-refractivity contribution in [2.75, 3.05) is 0 Å². The first kappa shape index (κ1) is 9.35. The van der Waals surface area contributed by atoms with Crippen LogP contribution in [0.2, 0.25) is 5.02 Å². The van der Waals surface area contributed by atoms with Crippen molar-refractivity contribution in [1.82, 2.24) is 0 Å². The first-order valence-corrected chi connectivity index (χ1v) is 4.75. The van der Waals surface area contributed by atoms with Gasteiger partial charge in [0, 0.05) is 5.02 Å². The molecule has 0 bridgehead atoms. The smallest absolute Gasteiger partial charge is 0.0850 e. The fourth-order valence-corrected chi connectivity index (χ4v) is 1.47. The van der Waals surface area contributed by atoms with E-state index < -0.39 is 0 Å². The van der Waals surface area contributed by atoms with Crippen LogP contribution in [0.4, 0.5) is 0 Å². The molecule has 0 atom stereocenters. The van der Waals surface area contributed by atoms with Crippen LogP contribution in [0.15, 0.2) is 48.5 Å². The summed E-state index contributed by atoms with van der Waals surface area (Å²) in [5.74, 6) is 0. The molecule has 0 aliphatic carbocycles. The predicted octanol–water partition coefficient (Wildman–Crippen LogP) is 2.80. The molecule has 2 aromatic carbocycles. The second-order valence-corrected chi connectivity index (χ2v) is 3.51. The third-order valence-corrected chi connectivity index (χ3v) is 2.45. The van der Waals surface area contributed by atoms with Gasteiger partial charge in [-0.3, -0.25) is 0 Å². The standard InChI is InChI=1S/C12H8BCl/c13-11-8-10(6-7-12(11)14)9-4-2-1-3-5-9/h1-8H. The van der Waals surface area contributed by atoms with E-state index in [0.29, 0.717) is 10.5 Å². The molecule has 2 aromatic rings. The Hall–Kier alpha value is -1.21. The molecular formula is C12H8BCl. The van der Waals surface area contributed by atoms with E-state index in [2.05, 4.69) is 0 Å². The Bertz CT molecular complexity index is 437. The lowest BCUT2D eigenvalue weighted by molar-refractivity contribution is 1.64. The van der Waals surface area contributed by atoms with Crippen molar-refractivity contribution in [3.8, 4) is 11.1 Å². The maximum Gasteiger partial charge on any atom is 0.115 e. The van der Waals surface area contributed by atoms with Gasteiger partial charge in [0.05, 0.1) is 0 Å². The average molecular weight is 198 g/mol. The molecule has 0 fully saturated rings. The zero-order valence-electron chi connectivity index (χ0n) is 7.57. The van der Waals surface area contributed by atoms with Gasteiger partial charge in [-0.2, -0.15) is 0 Å². The van der Waals surface area contributed by atoms with Gasteiger partial charge in [0.25, 0.3) is 0 Å². The van der Waals surface area contributed by atoms with Crippen molar-refractivity contribution in [3.05, 3.63) is 53.6 Å². The molecule has 0 aliphatic rings. The molecule has 0 saturated carbocycles. The van der Waals surface area contributed by atoms with Crippen LogP contribution in [0, 0.1) is 0 Å². The molecule has 0 amide bonds. The Balaban J connectivity index is 2.48. The third-order valence-electron chi connectivity index (χ3n) is 2.10. The largest absolute Gasteiger partial charge is 0.115 e. The van der Waals surface area contributed by atoms with Crippen molar-refractivity contribution >= 4 is 24.9 Å². The summed E-state index contributed by atoms with van der Waals surface area (Å²) in [4.78, 5) is 0. The molecule has 0 saturated heterocycles. The highest BCUT2D eigenvalue weighted by atomic mass is 35.5. The molecule has 0 aromatic heterocycles. The molecule has 0 unspecified atom stereocenters. The molecule has 2 rings (SSSR count). The van der Waals surface area contributed by atoms with Crippen LogP contribution in [-0.2, 0) is 0 Å². The number of hydrogen-bond donors (Lipinski definition) is 0. The molecule has 0 aliphatic heterocycles.